The van der Waals surface area contributed by atoms with E-state index in [1.165, 1.54) is 4.90 Å². The minimum absolute atomic E-state index is 0.0750. The molecule has 0 aromatic heterocycles. The smallest absolute Gasteiger partial charge is 0.410 e. The van der Waals surface area contributed by atoms with Gasteiger partial charge in [0, 0.05) is 12.5 Å². The quantitative estimate of drug-likeness (QED) is 0.806. The number of carbonyl (C=O) groups is 2. The largest absolute Gasteiger partial charge is 0.445 e. The van der Waals surface area contributed by atoms with Gasteiger partial charge >= 0.3 is 6.09 Å². The van der Waals surface area contributed by atoms with Crippen molar-refractivity contribution < 1.29 is 14.3 Å². The van der Waals surface area contributed by atoms with Gasteiger partial charge in [-0.3, -0.25) is 9.69 Å². The standard InChI is InChI=1S/C14H17NO3/c1-11-7-8-13(16)9-15(11)14(17)18-10-12-5-3-2-4-6-12/h2-6,11H,7-10H2,1H3/t11-/m0/s1. The molecular formula is C14H17NO3. The van der Waals surface area contributed by atoms with Crippen molar-refractivity contribution in [1.29, 1.82) is 0 Å². The molecule has 0 bridgehead atoms. The van der Waals surface area contributed by atoms with Gasteiger partial charge in [0.25, 0.3) is 0 Å². The van der Waals surface area contributed by atoms with Crippen molar-refractivity contribution >= 4 is 11.9 Å². The van der Waals surface area contributed by atoms with Gasteiger partial charge in [0.1, 0.15) is 6.61 Å². The summed E-state index contributed by atoms with van der Waals surface area (Å²) in [4.78, 5) is 24.7. The van der Waals surface area contributed by atoms with E-state index < -0.39 is 6.09 Å². The highest BCUT2D eigenvalue weighted by Gasteiger charge is 2.28. The van der Waals surface area contributed by atoms with Gasteiger partial charge < -0.3 is 4.74 Å². The zero-order valence-electron chi connectivity index (χ0n) is 10.5. The van der Waals surface area contributed by atoms with Gasteiger partial charge in [-0.15, -0.1) is 0 Å². The minimum Gasteiger partial charge on any atom is -0.445 e. The maximum Gasteiger partial charge on any atom is 0.410 e. The highest BCUT2D eigenvalue weighted by atomic mass is 16.6. The molecule has 1 aliphatic heterocycles. The molecule has 1 aliphatic rings. The highest BCUT2D eigenvalue weighted by Crippen LogP contribution is 2.15. The lowest BCUT2D eigenvalue weighted by atomic mass is 10.0. The van der Waals surface area contributed by atoms with Crippen molar-refractivity contribution in [1.82, 2.24) is 4.90 Å². The molecule has 1 amide bonds. The van der Waals surface area contributed by atoms with Gasteiger partial charge in [-0.1, -0.05) is 30.3 Å². The normalized spacial score (nSPS) is 19.7. The van der Waals surface area contributed by atoms with Gasteiger partial charge in [0.15, 0.2) is 5.78 Å². The van der Waals surface area contributed by atoms with E-state index in [0.29, 0.717) is 6.42 Å². The summed E-state index contributed by atoms with van der Waals surface area (Å²) in [6.45, 7) is 2.36. The number of nitrogens with zero attached hydrogens (tertiary/aromatic N) is 1. The number of carbonyl (C=O) groups excluding carboxylic acids is 2. The number of benzene rings is 1. The summed E-state index contributed by atoms with van der Waals surface area (Å²) < 4.78 is 5.22. The Hall–Kier alpha value is -1.84. The maximum absolute atomic E-state index is 11.9. The van der Waals surface area contributed by atoms with E-state index in [1.807, 2.05) is 37.3 Å². The Morgan fingerprint density at radius 2 is 2.11 bits per heavy atom. The van der Waals surface area contributed by atoms with Crippen molar-refractivity contribution in [2.24, 2.45) is 0 Å². The summed E-state index contributed by atoms with van der Waals surface area (Å²) in [7, 11) is 0. The Labute approximate surface area is 107 Å². The van der Waals surface area contributed by atoms with Crippen LogP contribution in [0.15, 0.2) is 30.3 Å². The predicted octanol–water partition coefficient (Wildman–Crippen LogP) is 2.38. The Morgan fingerprint density at radius 1 is 1.39 bits per heavy atom. The van der Waals surface area contributed by atoms with Crippen molar-refractivity contribution in [3.63, 3.8) is 0 Å². The third-order valence-electron chi connectivity index (χ3n) is 3.16. The Bertz CT molecular complexity index is 430. The van der Waals surface area contributed by atoms with Crippen LogP contribution in [0.2, 0.25) is 0 Å². The number of rotatable bonds is 2. The van der Waals surface area contributed by atoms with E-state index in [1.54, 1.807) is 0 Å². The molecule has 4 heteroatoms. The van der Waals surface area contributed by atoms with Gasteiger partial charge in [0.05, 0.1) is 6.54 Å². The van der Waals surface area contributed by atoms with Crippen molar-refractivity contribution in [2.45, 2.75) is 32.4 Å². The second-order valence-electron chi connectivity index (χ2n) is 4.59. The van der Waals surface area contributed by atoms with E-state index in [4.69, 9.17) is 4.74 Å². The van der Waals surface area contributed by atoms with Gasteiger partial charge in [-0.2, -0.15) is 0 Å². The minimum atomic E-state index is -0.403. The van der Waals surface area contributed by atoms with Crippen LogP contribution in [0.4, 0.5) is 4.79 Å². The fourth-order valence-corrected chi connectivity index (χ4v) is 2.00. The zero-order valence-corrected chi connectivity index (χ0v) is 10.5. The molecule has 1 aromatic carbocycles. The fourth-order valence-electron chi connectivity index (χ4n) is 2.00. The summed E-state index contributed by atoms with van der Waals surface area (Å²) >= 11 is 0. The summed E-state index contributed by atoms with van der Waals surface area (Å²) in [5.41, 5.74) is 0.946. The van der Waals surface area contributed by atoms with E-state index in [2.05, 4.69) is 0 Å². The first-order chi connectivity index (χ1) is 8.66. The number of likely N-dealkylation sites (tertiary alicyclic amines) is 1. The van der Waals surface area contributed by atoms with Crippen molar-refractivity contribution in [2.75, 3.05) is 6.54 Å². The molecule has 0 unspecified atom stereocenters. The summed E-state index contributed by atoms with van der Waals surface area (Å²) in [5, 5.41) is 0. The number of hydrogen-bond donors (Lipinski definition) is 0. The lowest BCUT2D eigenvalue weighted by molar-refractivity contribution is -0.122. The van der Waals surface area contributed by atoms with Gasteiger partial charge in [-0.25, -0.2) is 4.79 Å². The molecule has 96 valence electrons. The lowest BCUT2D eigenvalue weighted by Gasteiger charge is -2.31. The molecule has 1 atom stereocenters. The molecule has 1 saturated heterocycles. The topological polar surface area (TPSA) is 46.6 Å². The molecule has 0 saturated carbocycles. The van der Waals surface area contributed by atoms with Crippen molar-refractivity contribution in [3.05, 3.63) is 35.9 Å². The number of piperidine rings is 1. The average molecular weight is 247 g/mol. The maximum atomic E-state index is 11.9. The Morgan fingerprint density at radius 3 is 2.83 bits per heavy atom. The van der Waals surface area contributed by atoms with Crippen LogP contribution < -0.4 is 0 Å². The summed E-state index contributed by atoms with van der Waals surface area (Å²) in [6.07, 6.45) is 0.877. The molecule has 0 spiro atoms. The van der Waals surface area contributed by atoms with Gasteiger partial charge in [0.2, 0.25) is 0 Å². The second kappa shape index (κ2) is 5.67. The average Bonchev–Trinajstić information content (AvgIpc) is 2.40. The summed E-state index contributed by atoms with van der Waals surface area (Å²) in [5.74, 6) is 0.102. The van der Waals surface area contributed by atoms with Crippen LogP contribution in [-0.2, 0) is 16.1 Å². The molecule has 1 fully saturated rings. The van der Waals surface area contributed by atoms with Crippen LogP contribution in [0.3, 0.4) is 0 Å². The molecule has 2 rings (SSSR count). The molecule has 0 aliphatic carbocycles. The van der Waals surface area contributed by atoms with E-state index in [9.17, 15) is 9.59 Å². The molecule has 1 aromatic rings. The first-order valence-corrected chi connectivity index (χ1v) is 6.16. The number of Topliss-reactive ketones (excluding diaryl/α,β-unsaturated/α-hetero) is 1. The highest BCUT2D eigenvalue weighted by molar-refractivity contribution is 5.85. The van der Waals surface area contributed by atoms with E-state index in [-0.39, 0.29) is 25.0 Å². The number of ketones is 1. The zero-order chi connectivity index (χ0) is 13.0. The number of ether oxygens (including phenoxy) is 1. The third kappa shape index (κ3) is 3.09. The van der Waals surface area contributed by atoms with Crippen molar-refractivity contribution in [3.8, 4) is 0 Å². The van der Waals surface area contributed by atoms with Crippen LogP contribution in [0, 0.1) is 0 Å². The van der Waals surface area contributed by atoms with Crippen LogP contribution in [-0.4, -0.2) is 29.4 Å². The first-order valence-electron chi connectivity index (χ1n) is 6.16. The number of hydrogen-bond acceptors (Lipinski definition) is 3. The molecule has 1 heterocycles. The van der Waals surface area contributed by atoms with E-state index in [0.717, 1.165) is 12.0 Å². The molecule has 18 heavy (non-hydrogen) atoms. The summed E-state index contributed by atoms with van der Waals surface area (Å²) in [6, 6.07) is 9.59. The van der Waals surface area contributed by atoms with Crippen LogP contribution in [0.5, 0.6) is 0 Å². The van der Waals surface area contributed by atoms with Gasteiger partial charge in [-0.05, 0) is 18.9 Å². The third-order valence-corrected chi connectivity index (χ3v) is 3.16. The number of amides is 1. The van der Waals surface area contributed by atoms with Crippen LogP contribution in [0.25, 0.3) is 0 Å². The van der Waals surface area contributed by atoms with Crippen LogP contribution in [0.1, 0.15) is 25.3 Å². The molecule has 0 radical (unpaired) electrons. The second-order valence-corrected chi connectivity index (χ2v) is 4.59. The monoisotopic (exact) mass is 247 g/mol. The molecular weight excluding hydrogens is 230 g/mol. The fraction of sp³-hybridized carbons (Fsp3) is 0.429. The first kappa shape index (κ1) is 12.6. The van der Waals surface area contributed by atoms with E-state index >= 15 is 0 Å². The lowest BCUT2D eigenvalue weighted by Crippen LogP contribution is -2.45. The Kier molecular flexibility index (Phi) is 3.97. The molecule has 0 N–H and O–H groups in total. The Balaban J connectivity index is 1.89. The van der Waals surface area contributed by atoms with Crippen LogP contribution >= 0.6 is 0 Å². The molecule has 4 nitrogen and oxygen atoms in total. The predicted molar refractivity (Wildman–Crippen MR) is 67.0 cm³/mol. The SMILES string of the molecule is C[C@H]1CCC(=O)CN1C(=O)OCc1ccccc1.